The van der Waals surface area contributed by atoms with E-state index >= 15 is 0 Å². The van der Waals surface area contributed by atoms with Crippen molar-refractivity contribution < 1.29 is 19.8 Å². The Labute approximate surface area is 119 Å². The highest BCUT2D eigenvalue weighted by Gasteiger charge is 2.45. The van der Waals surface area contributed by atoms with Crippen LogP contribution in [0.4, 0.5) is 4.79 Å². The van der Waals surface area contributed by atoms with Gasteiger partial charge in [-0.2, -0.15) is 0 Å². The average molecular weight is 284 g/mol. The van der Waals surface area contributed by atoms with Gasteiger partial charge in [0.1, 0.15) is 5.54 Å². The molecular formula is C14H24N2O4. The maximum absolute atomic E-state index is 12.6. The molecule has 0 aromatic carbocycles. The standard InChI is InChI=1S/C14H24N2O4/c1-10-5-8-15(9-11(10)17)13(20)16-7-4-3-6-14(16,2)12(18)19/h10-11,17H,3-9H2,1-2H3,(H,18,19). The molecule has 0 bridgehead atoms. The lowest BCUT2D eigenvalue weighted by atomic mass is 9.88. The molecule has 2 aliphatic heterocycles. The topological polar surface area (TPSA) is 81.1 Å². The van der Waals surface area contributed by atoms with E-state index in [1.165, 1.54) is 4.90 Å². The Kier molecular flexibility index (Phi) is 4.22. The smallest absolute Gasteiger partial charge is 0.329 e. The van der Waals surface area contributed by atoms with Gasteiger partial charge in [-0.3, -0.25) is 0 Å². The number of carbonyl (C=O) groups is 2. The minimum Gasteiger partial charge on any atom is -0.480 e. The number of β-amino-alcohol motifs (C(OH)–C–C–N with tert-alkyl or cyclic N) is 1. The zero-order valence-electron chi connectivity index (χ0n) is 12.2. The molecule has 2 N–H and O–H groups in total. The average Bonchev–Trinajstić information content (AvgIpc) is 2.41. The van der Waals surface area contributed by atoms with E-state index < -0.39 is 17.6 Å². The second-order valence-corrected chi connectivity index (χ2v) is 6.25. The lowest BCUT2D eigenvalue weighted by Crippen LogP contribution is -2.62. The molecule has 0 aliphatic carbocycles. The molecule has 2 heterocycles. The number of piperidine rings is 2. The Bertz CT molecular complexity index is 401. The fourth-order valence-electron chi connectivity index (χ4n) is 3.04. The zero-order chi connectivity index (χ0) is 14.9. The molecule has 6 heteroatoms. The quantitative estimate of drug-likeness (QED) is 0.756. The van der Waals surface area contributed by atoms with Crippen molar-refractivity contribution in [2.75, 3.05) is 19.6 Å². The summed E-state index contributed by atoms with van der Waals surface area (Å²) in [5.41, 5.74) is -1.12. The Morgan fingerprint density at radius 3 is 2.55 bits per heavy atom. The molecule has 2 saturated heterocycles. The van der Waals surface area contributed by atoms with Crippen molar-refractivity contribution >= 4 is 12.0 Å². The highest BCUT2D eigenvalue weighted by molar-refractivity contribution is 5.86. The second-order valence-electron chi connectivity index (χ2n) is 6.25. The number of rotatable bonds is 1. The summed E-state index contributed by atoms with van der Waals surface area (Å²) >= 11 is 0. The number of hydrogen-bond acceptors (Lipinski definition) is 3. The summed E-state index contributed by atoms with van der Waals surface area (Å²) in [5, 5.41) is 19.4. The van der Waals surface area contributed by atoms with Gasteiger partial charge in [0.25, 0.3) is 0 Å². The summed E-state index contributed by atoms with van der Waals surface area (Å²) in [5.74, 6) is -0.761. The Morgan fingerprint density at radius 2 is 1.95 bits per heavy atom. The number of aliphatic hydroxyl groups excluding tert-OH is 1. The summed E-state index contributed by atoms with van der Waals surface area (Å²) in [6.07, 6.45) is 2.38. The SMILES string of the molecule is CC1CCN(C(=O)N2CCCCC2(C)C(=O)O)CC1O. The second kappa shape index (κ2) is 5.60. The highest BCUT2D eigenvalue weighted by atomic mass is 16.4. The first kappa shape index (κ1) is 15.1. The van der Waals surface area contributed by atoms with Crippen molar-refractivity contribution in [2.45, 2.75) is 51.2 Å². The molecule has 0 spiro atoms. The number of carboxylic acid groups (broad SMARTS) is 1. The number of hydrogen-bond donors (Lipinski definition) is 2. The molecule has 2 fully saturated rings. The Balaban J connectivity index is 2.12. The van der Waals surface area contributed by atoms with E-state index in [0.29, 0.717) is 26.1 Å². The van der Waals surface area contributed by atoms with Gasteiger partial charge in [0.2, 0.25) is 0 Å². The number of nitrogens with zero attached hydrogens (tertiary/aromatic N) is 2. The van der Waals surface area contributed by atoms with E-state index in [1.54, 1.807) is 11.8 Å². The first-order valence-corrected chi connectivity index (χ1v) is 7.34. The van der Waals surface area contributed by atoms with Gasteiger partial charge >= 0.3 is 12.0 Å². The summed E-state index contributed by atoms with van der Waals surface area (Å²) in [4.78, 5) is 27.2. The van der Waals surface area contributed by atoms with Crippen LogP contribution in [0.25, 0.3) is 0 Å². The van der Waals surface area contributed by atoms with Crippen LogP contribution in [-0.4, -0.2) is 63.3 Å². The number of aliphatic hydroxyl groups is 1. The number of aliphatic carboxylic acids is 1. The lowest BCUT2D eigenvalue weighted by molar-refractivity contribution is -0.151. The van der Waals surface area contributed by atoms with E-state index in [9.17, 15) is 19.8 Å². The Morgan fingerprint density at radius 1 is 1.25 bits per heavy atom. The van der Waals surface area contributed by atoms with Gasteiger partial charge in [-0.05, 0) is 38.5 Å². The molecule has 3 unspecified atom stereocenters. The Hall–Kier alpha value is -1.30. The van der Waals surface area contributed by atoms with Crippen LogP contribution >= 0.6 is 0 Å². The number of amides is 2. The highest BCUT2D eigenvalue weighted by Crippen LogP contribution is 2.30. The van der Waals surface area contributed by atoms with Crippen molar-refractivity contribution in [3.05, 3.63) is 0 Å². The normalized spacial score (nSPS) is 35.0. The van der Waals surface area contributed by atoms with Gasteiger partial charge in [-0.15, -0.1) is 0 Å². The predicted molar refractivity (Wildman–Crippen MR) is 73.4 cm³/mol. The van der Waals surface area contributed by atoms with Crippen molar-refractivity contribution in [1.29, 1.82) is 0 Å². The summed E-state index contributed by atoms with van der Waals surface area (Å²) in [6.45, 7) is 4.95. The van der Waals surface area contributed by atoms with Gasteiger partial charge in [0, 0.05) is 19.6 Å². The molecular weight excluding hydrogens is 260 g/mol. The van der Waals surface area contributed by atoms with Crippen LogP contribution in [0.1, 0.15) is 39.5 Å². The van der Waals surface area contributed by atoms with E-state index in [4.69, 9.17) is 0 Å². The summed E-state index contributed by atoms with van der Waals surface area (Å²) in [6, 6.07) is -0.249. The van der Waals surface area contributed by atoms with Crippen LogP contribution in [0.5, 0.6) is 0 Å². The third kappa shape index (κ3) is 2.61. The van der Waals surface area contributed by atoms with E-state index in [1.807, 2.05) is 6.92 Å². The fraction of sp³-hybridized carbons (Fsp3) is 0.857. The van der Waals surface area contributed by atoms with Crippen molar-refractivity contribution in [1.82, 2.24) is 9.80 Å². The third-order valence-electron chi connectivity index (χ3n) is 4.77. The van der Waals surface area contributed by atoms with Crippen molar-refractivity contribution in [3.8, 4) is 0 Å². The summed E-state index contributed by atoms with van der Waals surface area (Å²) in [7, 11) is 0. The molecule has 6 nitrogen and oxygen atoms in total. The molecule has 114 valence electrons. The van der Waals surface area contributed by atoms with E-state index in [0.717, 1.165) is 19.3 Å². The number of carboxylic acids is 1. The van der Waals surface area contributed by atoms with Crippen LogP contribution < -0.4 is 0 Å². The predicted octanol–water partition coefficient (Wildman–Crippen LogP) is 1.14. The van der Waals surface area contributed by atoms with Crippen LogP contribution in [0.3, 0.4) is 0 Å². The van der Waals surface area contributed by atoms with Crippen molar-refractivity contribution in [2.24, 2.45) is 5.92 Å². The molecule has 3 atom stereocenters. The van der Waals surface area contributed by atoms with Crippen LogP contribution in [0, 0.1) is 5.92 Å². The number of likely N-dealkylation sites (tertiary alicyclic amines) is 2. The molecule has 0 radical (unpaired) electrons. The van der Waals surface area contributed by atoms with Crippen LogP contribution in [0.15, 0.2) is 0 Å². The van der Waals surface area contributed by atoms with Crippen molar-refractivity contribution in [3.63, 3.8) is 0 Å². The van der Waals surface area contributed by atoms with E-state index in [-0.39, 0.29) is 11.9 Å². The molecule has 0 aromatic rings. The molecule has 0 saturated carbocycles. The molecule has 2 amide bonds. The monoisotopic (exact) mass is 284 g/mol. The van der Waals surface area contributed by atoms with Gasteiger partial charge in [0.05, 0.1) is 6.10 Å². The maximum Gasteiger partial charge on any atom is 0.329 e. The molecule has 2 aliphatic rings. The van der Waals surface area contributed by atoms with E-state index in [2.05, 4.69) is 0 Å². The fourth-order valence-corrected chi connectivity index (χ4v) is 3.04. The van der Waals surface area contributed by atoms with Crippen LogP contribution in [0.2, 0.25) is 0 Å². The number of urea groups is 1. The van der Waals surface area contributed by atoms with Gasteiger partial charge < -0.3 is 20.0 Å². The number of carbonyl (C=O) groups excluding carboxylic acids is 1. The van der Waals surface area contributed by atoms with Crippen LogP contribution in [-0.2, 0) is 4.79 Å². The van der Waals surface area contributed by atoms with Gasteiger partial charge in [-0.1, -0.05) is 6.92 Å². The molecule has 2 rings (SSSR count). The first-order chi connectivity index (χ1) is 9.36. The lowest BCUT2D eigenvalue weighted by Gasteiger charge is -2.45. The zero-order valence-corrected chi connectivity index (χ0v) is 12.2. The van der Waals surface area contributed by atoms with Gasteiger partial charge in [-0.25, -0.2) is 9.59 Å². The largest absolute Gasteiger partial charge is 0.480 e. The minimum absolute atomic E-state index is 0.186. The van der Waals surface area contributed by atoms with Gasteiger partial charge in [0.15, 0.2) is 0 Å². The summed E-state index contributed by atoms with van der Waals surface area (Å²) < 4.78 is 0. The maximum atomic E-state index is 12.6. The molecule has 0 aromatic heterocycles. The minimum atomic E-state index is -1.12. The molecule has 20 heavy (non-hydrogen) atoms. The third-order valence-corrected chi connectivity index (χ3v) is 4.77. The first-order valence-electron chi connectivity index (χ1n) is 7.34.